The highest BCUT2D eigenvalue weighted by atomic mass is 19.4. The Kier molecular flexibility index (Phi) is 5.47. The largest absolute Gasteiger partial charge is 0.419 e. The van der Waals surface area contributed by atoms with Crippen molar-refractivity contribution >= 4 is 5.91 Å². The molecular weight excluding hydrogens is 402 g/mol. The maximum absolute atomic E-state index is 13.9. The van der Waals surface area contributed by atoms with Gasteiger partial charge in [-0.25, -0.2) is 9.37 Å². The monoisotopic (exact) mass is 419 g/mol. The summed E-state index contributed by atoms with van der Waals surface area (Å²) in [5.41, 5.74) is -2.65. The van der Waals surface area contributed by atoms with Crippen molar-refractivity contribution in [3.05, 3.63) is 87.6 Å². The molecule has 5 nitrogen and oxygen atoms in total. The van der Waals surface area contributed by atoms with Crippen LogP contribution in [0, 0.1) is 5.82 Å². The molecule has 1 aromatic heterocycles. The summed E-state index contributed by atoms with van der Waals surface area (Å²) in [7, 11) is 0. The zero-order valence-electron chi connectivity index (χ0n) is 16.0. The van der Waals surface area contributed by atoms with Gasteiger partial charge in [0.15, 0.2) is 0 Å². The highest BCUT2D eigenvalue weighted by molar-refractivity contribution is 5.93. The Hall–Kier alpha value is -3.49. The summed E-state index contributed by atoms with van der Waals surface area (Å²) in [6.45, 7) is 3.00. The van der Waals surface area contributed by atoms with Crippen molar-refractivity contribution in [3.63, 3.8) is 0 Å². The summed E-state index contributed by atoms with van der Waals surface area (Å²) >= 11 is 0. The van der Waals surface area contributed by atoms with Crippen LogP contribution < -0.4 is 10.9 Å². The standard InChI is InChI=1S/C21H17F4N3O2/c1-20(2,13-8-9-14(15(22)10-13)21(23,24)25)28-19(30)16-11-17(29)27-18(26-16)12-6-4-3-5-7-12/h3-11H,1-2H3,(H,28,30)(H,26,27,29). The van der Waals surface area contributed by atoms with Gasteiger partial charge < -0.3 is 10.3 Å². The Labute approximate surface area is 168 Å². The van der Waals surface area contributed by atoms with Gasteiger partial charge >= 0.3 is 6.18 Å². The van der Waals surface area contributed by atoms with E-state index in [-0.39, 0.29) is 17.1 Å². The van der Waals surface area contributed by atoms with E-state index in [1.54, 1.807) is 30.3 Å². The topological polar surface area (TPSA) is 74.8 Å². The van der Waals surface area contributed by atoms with Gasteiger partial charge in [0, 0.05) is 11.6 Å². The number of nitrogens with zero attached hydrogens (tertiary/aromatic N) is 1. The van der Waals surface area contributed by atoms with Crippen LogP contribution >= 0.6 is 0 Å². The molecule has 156 valence electrons. The number of rotatable bonds is 4. The Balaban J connectivity index is 1.89. The molecule has 1 heterocycles. The van der Waals surface area contributed by atoms with E-state index in [9.17, 15) is 27.2 Å². The van der Waals surface area contributed by atoms with E-state index < -0.39 is 34.6 Å². The normalized spacial score (nSPS) is 11.9. The van der Waals surface area contributed by atoms with Crippen molar-refractivity contribution in [1.29, 1.82) is 0 Å². The number of carbonyl (C=O) groups is 1. The molecule has 0 aliphatic carbocycles. The molecule has 1 amide bonds. The minimum absolute atomic E-state index is 0.120. The number of benzene rings is 2. The Morgan fingerprint density at radius 3 is 2.30 bits per heavy atom. The highest BCUT2D eigenvalue weighted by Crippen LogP contribution is 2.33. The van der Waals surface area contributed by atoms with Gasteiger partial charge in [-0.15, -0.1) is 0 Å². The number of halogens is 4. The Morgan fingerprint density at radius 2 is 1.70 bits per heavy atom. The van der Waals surface area contributed by atoms with Crippen LogP contribution in [0.4, 0.5) is 17.6 Å². The first kappa shape index (κ1) is 21.2. The molecule has 0 saturated carbocycles. The van der Waals surface area contributed by atoms with E-state index in [1.807, 2.05) is 0 Å². The second-order valence-electron chi connectivity index (χ2n) is 7.12. The number of hydrogen-bond acceptors (Lipinski definition) is 3. The molecule has 0 atom stereocenters. The third-order valence-electron chi connectivity index (χ3n) is 4.44. The molecule has 0 bridgehead atoms. The van der Waals surface area contributed by atoms with Gasteiger partial charge in [0.2, 0.25) is 0 Å². The van der Waals surface area contributed by atoms with Crippen molar-refractivity contribution in [2.45, 2.75) is 25.6 Å². The van der Waals surface area contributed by atoms with Gasteiger partial charge in [0.25, 0.3) is 11.5 Å². The van der Waals surface area contributed by atoms with Crippen molar-refractivity contribution < 1.29 is 22.4 Å². The predicted molar refractivity (Wildman–Crippen MR) is 102 cm³/mol. The fraction of sp³-hybridized carbons (Fsp3) is 0.190. The molecule has 0 radical (unpaired) electrons. The number of hydrogen-bond donors (Lipinski definition) is 2. The SMILES string of the molecule is CC(C)(NC(=O)c1cc(=O)[nH]c(-c2ccccc2)n1)c1ccc(C(F)(F)F)c(F)c1. The molecule has 0 fully saturated rings. The quantitative estimate of drug-likeness (QED) is 0.621. The molecule has 0 aliphatic rings. The minimum Gasteiger partial charge on any atom is -0.342 e. The number of nitrogens with one attached hydrogen (secondary N) is 2. The van der Waals surface area contributed by atoms with Crippen LogP contribution in [0.1, 0.15) is 35.5 Å². The number of amides is 1. The summed E-state index contributed by atoms with van der Waals surface area (Å²) in [4.78, 5) is 31.3. The summed E-state index contributed by atoms with van der Waals surface area (Å²) in [6, 6.07) is 12.1. The van der Waals surface area contributed by atoms with Crippen LogP contribution in [-0.2, 0) is 11.7 Å². The third kappa shape index (κ3) is 4.56. The molecule has 9 heteroatoms. The maximum atomic E-state index is 13.9. The average molecular weight is 419 g/mol. The third-order valence-corrected chi connectivity index (χ3v) is 4.44. The Bertz CT molecular complexity index is 1140. The summed E-state index contributed by atoms with van der Waals surface area (Å²) in [5, 5.41) is 2.58. The van der Waals surface area contributed by atoms with E-state index in [4.69, 9.17) is 0 Å². The molecule has 2 aromatic carbocycles. The summed E-state index contributed by atoms with van der Waals surface area (Å²) in [5.74, 6) is -1.99. The first-order chi connectivity index (χ1) is 14.0. The van der Waals surface area contributed by atoms with Gasteiger partial charge in [0.05, 0.1) is 11.1 Å². The van der Waals surface area contributed by atoms with Crippen LogP contribution in [0.25, 0.3) is 11.4 Å². The van der Waals surface area contributed by atoms with E-state index >= 15 is 0 Å². The average Bonchev–Trinajstić information content (AvgIpc) is 2.66. The maximum Gasteiger partial charge on any atom is 0.419 e. The van der Waals surface area contributed by atoms with Crippen molar-refractivity contribution in [3.8, 4) is 11.4 Å². The van der Waals surface area contributed by atoms with E-state index in [0.717, 1.165) is 18.2 Å². The fourth-order valence-corrected chi connectivity index (χ4v) is 2.86. The van der Waals surface area contributed by atoms with Gasteiger partial charge in [-0.1, -0.05) is 36.4 Å². The fourth-order valence-electron chi connectivity index (χ4n) is 2.86. The number of alkyl halides is 3. The zero-order chi connectivity index (χ0) is 22.1. The zero-order valence-corrected chi connectivity index (χ0v) is 16.0. The van der Waals surface area contributed by atoms with Crippen molar-refractivity contribution in [2.75, 3.05) is 0 Å². The second kappa shape index (κ2) is 7.74. The van der Waals surface area contributed by atoms with E-state index in [1.165, 1.54) is 13.8 Å². The van der Waals surface area contributed by atoms with Crippen LogP contribution in [0.2, 0.25) is 0 Å². The molecule has 30 heavy (non-hydrogen) atoms. The molecule has 2 N–H and O–H groups in total. The van der Waals surface area contributed by atoms with Crippen LogP contribution in [0.5, 0.6) is 0 Å². The first-order valence-electron chi connectivity index (χ1n) is 8.84. The molecule has 0 saturated heterocycles. The van der Waals surface area contributed by atoms with Gasteiger partial charge in [0.1, 0.15) is 17.3 Å². The van der Waals surface area contributed by atoms with Crippen molar-refractivity contribution in [2.24, 2.45) is 0 Å². The van der Waals surface area contributed by atoms with E-state index in [0.29, 0.717) is 11.6 Å². The lowest BCUT2D eigenvalue weighted by Gasteiger charge is -2.27. The van der Waals surface area contributed by atoms with Gasteiger partial charge in [-0.3, -0.25) is 9.59 Å². The van der Waals surface area contributed by atoms with Crippen LogP contribution in [0.3, 0.4) is 0 Å². The lowest BCUT2D eigenvalue weighted by molar-refractivity contribution is -0.140. The van der Waals surface area contributed by atoms with Gasteiger partial charge in [-0.2, -0.15) is 13.2 Å². The Morgan fingerprint density at radius 1 is 1.03 bits per heavy atom. The minimum atomic E-state index is -4.82. The lowest BCUT2D eigenvalue weighted by Crippen LogP contribution is -2.42. The molecular formula is C21H17F4N3O2. The van der Waals surface area contributed by atoms with Crippen molar-refractivity contribution in [1.82, 2.24) is 15.3 Å². The number of aromatic nitrogens is 2. The van der Waals surface area contributed by atoms with E-state index in [2.05, 4.69) is 15.3 Å². The predicted octanol–water partition coefficient (Wildman–Crippen LogP) is 4.26. The highest BCUT2D eigenvalue weighted by Gasteiger charge is 2.35. The molecule has 3 rings (SSSR count). The number of carbonyl (C=O) groups excluding carboxylic acids is 1. The second-order valence-corrected chi connectivity index (χ2v) is 7.12. The summed E-state index contributed by atoms with van der Waals surface area (Å²) in [6.07, 6.45) is -4.82. The first-order valence-corrected chi connectivity index (χ1v) is 8.84. The van der Waals surface area contributed by atoms with Gasteiger partial charge in [-0.05, 0) is 31.5 Å². The number of H-pyrrole nitrogens is 1. The molecule has 0 spiro atoms. The summed E-state index contributed by atoms with van der Waals surface area (Å²) < 4.78 is 52.3. The smallest absolute Gasteiger partial charge is 0.342 e. The molecule has 0 unspecified atom stereocenters. The van der Waals surface area contributed by atoms with Crippen LogP contribution in [0.15, 0.2) is 59.4 Å². The van der Waals surface area contributed by atoms with Crippen LogP contribution in [-0.4, -0.2) is 15.9 Å². The number of aromatic amines is 1. The molecule has 0 aliphatic heterocycles. The molecule has 3 aromatic rings. The lowest BCUT2D eigenvalue weighted by atomic mass is 9.92.